The maximum absolute atomic E-state index is 12.2. The van der Waals surface area contributed by atoms with E-state index in [1.807, 2.05) is 24.3 Å². The Hall–Kier alpha value is -3.22. The maximum atomic E-state index is 12.2. The average molecular weight is 474 g/mol. The van der Waals surface area contributed by atoms with E-state index in [9.17, 15) is 9.59 Å². The molecule has 2 aromatic carbocycles. The van der Waals surface area contributed by atoms with E-state index in [1.54, 1.807) is 17.4 Å². The minimum Gasteiger partial charge on any atom is -0.478 e. The molecule has 0 spiro atoms. The molecule has 5 rings (SSSR count). The number of rotatable bonds is 7. The third-order valence-corrected chi connectivity index (χ3v) is 7.67. The highest BCUT2D eigenvalue weighted by atomic mass is 32.1. The van der Waals surface area contributed by atoms with Gasteiger partial charge >= 0.3 is 5.97 Å². The zero-order valence-corrected chi connectivity index (χ0v) is 19.8. The topological polar surface area (TPSA) is 66.8 Å². The Bertz CT molecular complexity index is 1240. The monoisotopic (exact) mass is 473 g/mol. The van der Waals surface area contributed by atoms with Crippen LogP contribution in [-0.2, 0) is 29.0 Å². The van der Waals surface area contributed by atoms with Crippen molar-refractivity contribution in [1.29, 1.82) is 0 Å². The van der Waals surface area contributed by atoms with E-state index in [1.165, 1.54) is 24.0 Å². The van der Waals surface area contributed by atoms with Crippen LogP contribution in [-0.4, -0.2) is 34.8 Å². The van der Waals surface area contributed by atoms with Crippen LogP contribution in [0.4, 0.5) is 0 Å². The molecule has 34 heavy (non-hydrogen) atoms. The number of carbonyl (C=O) groups excluding carboxylic acids is 1. The number of thiophene rings is 1. The number of likely N-dealkylation sites (tertiary alicyclic amines) is 1. The van der Waals surface area contributed by atoms with Gasteiger partial charge in [-0.1, -0.05) is 36.4 Å². The van der Waals surface area contributed by atoms with Crippen LogP contribution in [0.2, 0.25) is 0 Å². The van der Waals surface area contributed by atoms with Gasteiger partial charge in [0.2, 0.25) is 0 Å². The van der Waals surface area contributed by atoms with Crippen molar-refractivity contribution in [3.05, 3.63) is 76.2 Å². The molecule has 5 nitrogen and oxygen atoms in total. The Labute approximate surface area is 203 Å². The van der Waals surface area contributed by atoms with Gasteiger partial charge in [0.25, 0.3) is 0 Å². The molecule has 0 radical (unpaired) electrons. The van der Waals surface area contributed by atoms with Crippen LogP contribution in [0, 0.1) is 0 Å². The Kier molecular flexibility index (Phi) is 6.61. The van der Waals surface area contributed by atoms with Crippen molar-refractivity contribution in [3.8, 4) is 21.9 Å². The van der Waals surface area contributed by atoms with Gasteiger partial charge in [0, 0.05) is 35.9 Å². The van der Waals surface area contributed by atoms with Gasteiger partial charge in [0.05, 0.1) is 4.88 Å². The fourth-order valence-corrected chi connectivity index (χ4v) is 6.07. The molecule has 174 valence electrons. The lowest BCUT2D eigenvalue weighted by atomic mass is 9.95. The first kappa shape index (κ1) is 22.6. The molecule has 2 aliphatic rings. The molecule has 0 unspecified atom stereocenters. The molecule has 1 fully saturated rings. The molecule has 0 saturated carbocycles. The highest BCUT2D eigenvalue weighted by molar-refractivity contribution is 7.16. The lowest BCUT2D eigenvalue weighted by molar-refractivity contribution is -0.131. The van der Waals surface area contributed by atoms with E-state index >= 15 is 0 Å². The van der Waals surface area contributed by atoms with Crippen molar-refractivity contribution in [2.24, 2.45) is 0 Å². The van der Waals surface area contributed by atoms with Gasteiger partial charge in [0.15, 0.2) is 0 Å². The summed E-state index contributed by atoms with van der Waals surface area (Å²) in [6.07, 6.45) is 6.92. The Morgan fingerprint density at radius 1 is 1.06 bits per heavy atom. The number of carbonyl (C=O) groups is 2. The summed E-state index contributed by atoms with van der Waals surface area (Å²) in [6.45, 7) is 3.19. The van der Waals surface area contributed by atoms with Gasteiger partial charge in [-0.2, -0.15) is 0 Å². The normalized spacial score (nSPS) is 16.2. The summed E-state index contributed by atoms with van der Waals surface area (Å²) in [5, 5.41) is 8.85. The van der Waals surface area contributed by atoms with Gasteiger partial charge in [-0.05, 0) is 67.3 Å². The van der Waals surface area contributed by atoms with E-state index in [4.69, 9.17) is 9.84 Å². The number of ether oxygens (including phenoxy) is 1. The van der Waals surface area contributed by atoms with E-state index in [0.717, 1.165) is 52.3 Å². The number of hydrogen-bond acceptors (Lipinski definition) is 5. The first-order valence-corrected chi connectivity index (χ1v) is 12.5. The fourth-order valence-electron chi connectivity index (χ4n) is 4.70. The minimum absolute atomic E-state index is 0.284. The molecule has 1 saturated heterocycles. The molecule has 1 N–H and O–H groups in total. The molecule has 6 heteroatoms. The molecule has 2 heterocycles. The number of benzene rings is 2. The van der Waals surface area contributed by atoms with Crippen LogP contribution in [0.15, 0.2) is 54.6 Å². The lowest BCUT2D eigenvalue weighted by Gasteiger charge is -2.18. The lowest BCUT2D eigenvalue weighted by Crippen LogP contribution is -2.18. The summed E-state index contributed by atoms with van der Waals surface area (Å²) in [5.74, 6) is 0.863. The number of fused-ring (bicyclic) bond motifs is 1. The van der Waals surface area contributed by atoms with E-state index in [0.29, 0.717) is 25.0 Å². The van der Waals surface area contributed by atoms with Gasteiger partial charge in [-0.3, -0.25) is 9.69 Å². The fraction of sp³-hybridized carbons (Fsp3) is 0.286. The Morgan fingerprint density at radius 2 is 1.82 bits per heavy atom. The predicted molar refractivity (Wildman–Crippen MR) is 134 cm³/mol. The summed E-state index contributed by atoms with van der Waals surface area (Å²) in [6, 6.07) is 15.9. The van der Waals surface area contributed by atoms with Crippen molar-refractivity contribution >= 4 is 29.2 Å². The van der Waals surface area contributed by atoms with Crippen LogP contribution in [0.3, 0.4) is 0 Å². The molecule has 0 bridgehead atoms. The van der Waals surface area contributed by atoms with Gasteiger partial charge in [-0.25, -0.2) is 4.79 Å². The van der Waals surface area contributed by atoms with Crippen LogP contribution in [0.5, 0.6) is 11.5 Å². The number of carboxylic acids is 1. The van der Waals surface area contributed by atoms with E-state index in [2.05, 4.69) is 29.2 Å². The smallest absolute Gasteiger partial charge is 0.328 e. The standard InChI is InChI=1S/C28H27NO4S/c30-21-10-13-24-25(17-21)34-28(23-6-2-1-5-20(23)18-29-15-3-4-16-29)27(24)33-22-11-7-19(8-12-22)9-14-26(31)32/h1-2,5-9,11-12,14H,3-4,10,13,15-18H2,(H,31,32). The van der Waals surface area contributed by atoms with Crippen molar-refractivity contribution in [2.45, 2.75) is 38.6 Å². The Morgan fingerprint density at radius 3 is 2.59 bits per heavy atom. The molecule has 1 aromatic heterocycles. The zero-order valence-electron chi connectivity index (χ0n) is 19.0. The number of Topliss-reactive ketones (excluding diaryl/α,β-unsaturated/α-hetero) is 1. The summed E-state index contributed by atoms with van der Waals surface area (Å²) in [4.78, 5) is 27.7. The predicted octanol–water partition coefficient (Wildman–Crippen LogP) is 5.96. The van der Waals surface area contributed by atoms with Gasteiger partial charge in [-0.15, -0.1) is 11.3 Å². The highest BCUT2D eigenvalue weighted by Gasteiger charge is 2.28. The van der Waals surface area contributed by atoms with Crippen molar-refractivity contribution in [2.75, 3.05) is 13.1 Å². The second kappa shape index (κ2) is 9.95. The number of carboxylic acid groups (broad SMARTS) is 1. The number of ketones is 1. The molecule has 1 aliphatic heterocycles. The molecular formula is C28H27NO4S. The molecular weight excluding hydrogens is 446 g/mol. The number of nitrogens with zero attached hydrogens (tertiary/aromatic N) is 1. The van der Waals surface area contributed by atoms with E-state index in [-0.39, 0.29) is 5.78 Å². The van der Waals surface area contributed by atoms with Crippen molar-refractivity contribution in [3.63, 3.8) is 0 Å². The maximum Gasteiger partial charge on any atom is 0.328 e. The first-order valence-electron chi connectivity index (χ1n) is 11.7. The van der Waals surface area contributed by atoms with Crippen LogP contribution < -0.4 is 4.74 Å². The molecule has 1 aliphatic carbocycles. The SMILES string of the molecule is O=C(O)C=Cc1ccc(Oc2c(-c3ccccc3CN3CCCC3)sc3c2CCC(=O)C3)cc1. The number of aliphatic carboxylic acids is 1. The van der Waals surface area contributed by atoms with Gasteiger partial charge in [0.1, 0.15) is 17.3 Å². The van der Waals surface area contributed by atoms with Crippen molar-refractivity contribution in [1.82, 2.24) is 4.90 Å². The zero-order chi connectivity index (χ0) is 23.5. The second-order valence-corrected chi connectivity index (χ2v) is 9.97. The van der Waals surface area contributed by atoms with E-state index < -0.39 is 5.97 Å². The quantitative estimate of drug-likeness (QED) is 0.429. The van der Waals surface area contributed by atoms with Gasteiger partial charge < -0.3 is 9.84 Å². The summed E-state index contributed by atoms with van der Waals surface area (Å²) < 4.78 is 6.49. The third kappa shape index (κ3) is 4.98. The first-order chi connectivity index (χ1) is 16.6. The van der Waals surface area contributed by atoms with Crippen LogP contribution in [0.1, 0.15) is 40.8 Å². The largest absolute Gasteiger partial charge is 0.478 e. The summed E-state index contributed by atoms with van der Waals surface area (Å²) >= 11 is 1.68. The molecule has 3 aromatic rings. The van der Waals surface area contributed by atoms with Crippen LogP contribution >= 0.6 is 11.3 Å². The highest BCUT2D eigenvalue weighted by Crippen LogP contribution is 2.48. The van der Waals surface area contributed by atoms with Crippen LogP contribution in [0.25, 0.3) is 16.5 Å². The summed E-state index contributed by atoms with van der Waals surface area (Å²) in [7, 11) is 0. The molecule has 0 atom stereocenters. The second-order valence-electron chi connectivity index (χ2n) is 8.86. The minimum atomic E-state index is -0.975. The average Bonchev–Trinajstić information content (AvgIpc) is 3.47. The van der Waals surface area contributed by atoms with Crippen molar-refractivity contribution < 1.29 is 19.4 Å². The third-order valence-electron chi connectivity index (χ3n) is 6.43. The molecule has 0 amide bonds. The number of hydrogen-bond donors (Lipinski definition) is 1. The Balaban J connectivity index is 1.51. The summed E-state index contributed by atoms with van der Waals surface area (Å²) in [5.41, 5.74) is 4.40.